The standard InChI is InChI=1S/C17H31N5O2S/c23-17(14-6-15(24-21-14)16-8-18-11-25-16)20-13-7-19-22(10-13)9-12-4-2-1-3-5-12/h12-16,18-19,21H,1-11H2,(H,20,23). The number of carbonyl (C=O) groups excluding carboxylic acids is 1. The van der Waals surface area contributed by atoms with Gasteiger partial charge in [0.15, 0.2) is 0 Å². The van der Waals surface area contributed by atoms with Crippen LogP contribution in [0, 0.1) is 5.92 Å². The molecule has 4 unspecified atom stereocenters. The topological polar surface area (TPSA) is 77.7 Å². The van der Waals surface area contributed by atoms with Crippen molar-refractivity contribution in [3.05, 3.63) is 0 Å². The van der Waals surface area contributed by atoms with E-state index in [1.54, 1.807) is 0 Å². The molecule has 0 aromatic heterocycles. The van der Waals surface area contributed by atoms with Crippen molar-refractivity contribution < 1.29 is 9.63 Å². The lowest BCUT2D eigenvalue weighted by Gasteiger charge is -2.26. The van der Waals surface area contributed by atoms with Crippen LogP contribution in [0.5, 0.6) is 0 Å². The van der Waals surface area contributed by atoms with Crippen LogP contribution in [0.1, 0.15) is 38.5 Å². The SMILES string of the molecule is O=C(NC1CNN(CC2CCCCC2)C1)C1CC(C2CNCS2)ON1. The van der Waals surface area contributed by atoms with Gasteiger partial charge in [-0.1, -0.05) is 19.3 Å². The molecule has 3 aliphatic heterocycles. The molecule has 0 bridgehead atoms. The van der Waals surface area contributed by atoms with Crippen LogP contribution in [0.3, 0.4) is 0 Å². The van der Waals surface area contributed by atoms with Crippen molar-refractivity contribution in [1.82, 2.24) is 26.5 Å². The van der Waals surface area contributed by atoms with Crippen LogP contribution in [0.25, 0.3) is 0 Å². The third-order valence-corrected chi connectivity index (χ3v) is 7.13. The monoisotopic (exact) mass is 369 g/mol. The van der Waals surface area contributed by atoms with E-state index in [1.165, 1.54) is 32.1 Å². The van der Waals surface area contributed by atoms with E-state index in [2.05, 4.69) is 26.5 Å². The van der Waals surface area contributed by atoms with Gasteiger partial charge in [-0.05, 0) is 18.8 Å². The summed E-state index contributed by atoms with van der Waals surface area (Å²) in [7, 11) is 0. The first-order valence-electron chi connectivity index (χ1n) is 9.80. The van der Waals surface area contributed by atoms with Gasteiger partial charge >= 0.3 is 0 Å². The average molecular weight is 370 g/mol. The Morgan fingerprint density at radius 2 is 2.12 bits per heavy atom. The smallest absolute Gasteiger partial charge is 0.239 e. The maximum absolute atomic E-state index is 12.5. The van der Waals surface area contributed by atoms with Gasteiger partial charge in [0.1, 0.15) is 6.04 Å². The highest BCUT2D eigenvalue weighted by molar-refractivity contribution is 8.00. The molecule has 1 aliphatic carbocycles. The highest BCUT2D eigenvalue weighted by Gasteiger charge is 2.38. The van der Waals surface area contributed by atoms with Crippen LogP contribution in [0.15, 0.2) is 0 Å². The van der Waals surface area contributed by atoms with E-state index >= 15 is 0 Å². The lowest BCUT2D eigenvalue weighted by Crippen LogP contribution is -2.47. The maximum Gasteiger partial charge on any atom is 0.239 e. The zero-order valence-electron chi connectivity index (χ0n) is 14.8. The molecule has 1 saturated carbocycles. The minimum atomic E-state index is -0.224. The van der Waals surface area contributed by atoms with Crippen LogP contribution >= 0.6 is 11.8 Å². The number of carbonyl (C=O) groups is 1. The van der Waals surface area contributed by atoms with Crippen molar-refractivity contribution in [1.29, 1.82) is 0 Å². The van der Waals surface area contributed by atoms with E-state index in [4.69, 9.17) is 4.84 Å². The van der Waals surface area contributed by atoms with Crippen molar-refractivity contribution in [2.24, 2.45) is 5.92 Å². The molecular formula is C17H31N5O2S. The van der Waals surface area contributed by atoms with Gasteiger partial charge in [0.25, 0.3) is 0 Å². The summed E-state index contributed by atoms with van der Waals surface area (Å²) in [5.41, 5.74) is 6.41. The van der Waals surface area contributed by atoms with E-state index in [-0.39, 0.29) is 24.1 Å². The summed E-state index contributed by atoms with van der Waals surface area (Å²) in [6.07, 6.45) is 7.75. The van der Waals surface area contributed by atoms with Gasteiger partial charge < -0.3 is 10.6 Å². The zero-order chi connectivity index (χ0) is 17.1. The van der Waals surface area contributed by atoms with E-state index in [0.717, 1.165) is 44.4 Å². The average Bonchev–Trinajstić information content (AvgIpc) is 3.37. The van der Waals surface area contributed by atoms with Gasteiger partial charge in [-0.3, -0.25) is 15.1 Å². The van der Waals surface area contributed by atoms with E-state index in [1.807, 2.05) is 11.8 Å². The zero-order valence-corrected chi connectivity index (χ0v) is 15.7. The second-order valence-corrected chi connectivity index (χ2v) is 9.07. The normalized spacial score (nSPS) is 37.6. The molecule has 7 nitrogen and oxygen atoms in total. The molecule has 4 fully saturated rings. The number of amides is 1. The lowest BCUT2D eigenvalue weighted by molar-refractivity contribution is -0.124. The van der Waals surface area contributed by atoms with Gasteiger partial charge in [0, 0.05) is 43.7 Å². The van der Waals surface area contributed by atoms with E-state index < -0.39 is 0 Å². The minimum Gasteiger partial charge on any atom is -0.349 e. The van der Waals surface area contributed by atoms with E-state index in [9.17, 15) is 4.79 Å². The summed E-state index contributed by atoms with van der Waals surface area (Å²) >= 11 is 1.88. The van der Waals surface area contributed by atoms with Gasteiger partial charge in [0.05, 0.1) is 12.1 Å². The van der Waals surface area contributed by atoms with Crippen molar-refractivity contribution in [2.75, 3.05) is 32.1 Å². The van der Waals surface area contributed by atoms with Crippen molar-refractivity contribution in [2.45, 2.75) is 62.0 Å². The molecule has 3 heterocycles. The molecule has 142 valence electrons. The summed E-state index contributed by atoms with van der Waals surface area (Å²) in [6.45, 7) is 3.82. The number of hydrogen-bond donors (Lipinski definition) is 4. The number of rotatable bonds is 5. The number of hydrazine groups is 1. The first kappa shape index (κ1) is 18.0. The highest BCUT2D eigenvalue weighted by Crippen LogP contribution is 2.26. The fourth-order valence-corrected chi connectivity index (χ4v) is 5.47. The van der Waals surface area contributed by atoms with Crippen molar-refractivity contribution >= 4 is 17.7 Å². The Morgan fingerprint density at radius 1 is 1.24 bits per heavy atom. The fraction of sp³-hybridized carbons (Fsp3) is 0.941. The molecule has 4 N–H and O–H groups in total. The highest BCUT2D eigenvalue weighted by atomic mass is 32.2. The molecule has 4 atom stereocenters. The largest absolute Gasteiger partial charge is 0.349 e. The second-order valence-electron chi connectivity index (χ2n) is 7.84. The first-order valence-corrected chi connectivity index (χ1v) is 10.8. The predicted molar refractivity (Wildman–Crippen MR) is 98.7 cm³/mol. The predicted octanol–water partition coefficient (Wildman–Crippen LogP) is 0.196. The lowest BCUT2D eigenvalue weighted by atomic mass is 9.89. The van der Waals surface area contributed by atoms with E-state index in [0.29, 0.717) is 5.25 Å². The molecule has 0 aromatic rings. The summed E-state index contributed by atoms with van der Waals surface area (Å²) in [4.78, 5) is 18.2. The summed E-state index contributed by atoms with van der Waals surface area (Å²) < 4.78 is 0. The molecule has 0 spiro atoms. The van der Waals surface area contributed by atoms with Crippen LogP contribution in [-0.2, 0) is 9.63 Å². The van der Waals surface area contributed by atoms with Crippen LogP contribution in [0.2, 0.25) is 0 Å². The number of thioether (sulfide) groups is 1. The minimum absolute atomic E-state index is 0.0739. The molecule has 8 heteroatoms. The number of hydrogen-bond acceptors (Lipinski definition) is 7. The summed E-state index contributed by atoms with van der Waals surface area (Å²) in [6, 6.07) is -0.0296. The van der Waals surface area contributed by atoms with Crippen LogP contribution in [0.4, 0.5) is 0 Å². The molecule has 4 aliphatic rings. The molecule has 0 radical (unpaired) electrons. The van der Waals surface area contributed by atoms with Gasteiger partial charge in [-0.2, -0.15) is 5.48 Å². The Hall–Kier alpha value is -0.380. The second kappa shape index (κ2) is 8.54. The number of nitrogens with one attached hydrogen (secondary N) is 4. The Labute approximate surface area is 154 Å². The molecular weight excluding hydrogens is 338 g/mol. The molecule has 25 heavy (non-hydrogen) atoms. The van der Waals surface area contributed by atoms with Gasteiger partial charge in [0.2, 0.25) is 5.91 Å². The first-order chi connectivity index (χ1) is 12.3. The quantitative estimate of drug-likeness (QED) is 0.551. The number of nitrogens with zero attached hydrogens (tertiary/aromatic N) is 1. The molecule has 4 rings (SSSR count). The fourth-order valence-electron chi connectivity index (χ4n) is 4.40. The maximum atomic E-state index is 12.5. The molecule has 0 aromatic carbocycles. The third-order valence-electron chi connectivity index (χ3n) is 5.86. The van der Waals surface area contributed by atoms with Gasteiger partial charge in [-0.25, -0.2) is 5.01 Å². The molecule has 1 amide bonds. The molecule has 3 saturated heterocycles. The van der Waals surface area contributed by atoms with Crippen LogP contribution in [-0.4, -0.2) is 66.4 Å². The number of hydroxylamine groups is 1. The Morgan fingerprint density at radius 3 is 2.92 bits per heavy atom. The Balaban J connectivity index is 1.18. The van der Waals surface area contributed by atoms with Gasteiger partial charge in [-0.15, -0.1) is 11.8 Å². The van der Waals surface area contributed by atoms with Crippen molar-refractivity contribution in [3.63, 3.8) is 0 Å². The summed E-state index contributed by atoms with van der Waals surface area (Å²) in [5.74, 6) is 1.87. The summed E-state index contributed by atoms with van der Waals surface area (Å²) in [5, 5.41) is 9.28. The Kier molecular flexibility index (Phi) is 6.15. The van der Waals surface area contributed by atoms with Crippen LogP contribution < -0.4 is 21.5 Å². The Bertz CT molecular complexity index is 456. The van der Waals surface area contributed by atoms with Crippen molar-refractivity contribution in [3.8, 4) is 0 Å². The third kappa shape index (κ3) is 4.67.